The number of hydrogen-bond donors (Lipinski definition) is 0. The third-order valence-electron chi connectivity index (χ3n) is 2.67. The van der Waals surface area contributed by atoms with Crippen LogP contribution >= 0.6 is 0 Å². The molecule has 2 rings (SSSR count). The van der Waals surface area contributed by atoms with Crippen LogP contribution in [0.4, 0.5) is 8.78 Å². The van der Waals surface area contributed by atoms with Gasteiger partial charge in [-0.2, -0.15) is 5.26 Å². The number of benzene rings is 2. The molecule has 0 amide bonds. The molecule has 3 heteroatoms. The molecule has 0 unspecified atom stereocenters. The van der Waals surface area contributed by atoms with E-state index < -0.39 is 0 Å². The highest BCUT2D eigenvalue weighted by molar-refractivity contribution is 5.79. The van der Waals surface area contributed by atoms with Gasteiger partial charge in [0.1, 0.15) is 11.6 Å². The van der Waals surface area contributed by atoms with Crippen LogP contribution in [0.3, 0.4) is 0 Å². The van der Waals surface area contributed by atoms with Crippen LogP contribution in [0, 0.1) is 23.0 Å². The molecule has 0 saturated carbocycles. The van der Waals surface area contributed by atoms with E-state index in [-0.39, 0.29) is 18.1 Å². The number of nitriles is 1. The van der Waals surface area contributed by atoms with Crippen molar-refractivity contribution in [2.45, 2.75) is 6.42 Å². The predicted octanol–water partition coefficient (Wildman–Crippen LogP) is 4.31. The number of allylic oxidation sites excluding steroid dienone is 1. The van der Waals surface area contributed by atoms with Crippen molar-refractivity contribution in [3.05, 3.63) is 77.4 Å². The summed E-state index contributed by atoms with van der Waals surface area (Å²) in [4.78, 5) is 0. The number of nitrogens with zero attached hydrogens (tertiary/aromatic N) is 1. The summed E-state index contributed by atoms with van der Waals surface area (Å²) < 4.78 is 26.6. The summed E-state index contributed by atoms with van der Waals surface area (Å²) in [5.41, 5.74) is 1.90. The molecule has 0 aliphatic heterocycles. The summed E-state index contributed by atoms with van der Waals surface area (Å²) in [6.07, 6.45) is 1.85. The third kappa shape index (κ3) is 3.26. The van der Waals surface area contributed by atoms with Gasteiger partial charge in [-0.05, 0) is 41.0 Å². The normalized spacial score (nSPS) is 9.74. The lowest BCUT2D eigenvalue weighted by Crippen LogP contribution is -1.90. The molecule has 0 heterocycles. The van der Waals surface area contributed by atoms with Gasteiger partial charge in [0.2, 0.25) is 0 Å². The van der Waals surface area contributed by atoms with Gasteiger partial charge in [-0.1, -0.05) is 30.3 Å². The highest BCUT2D eigenvalue weighted by atomic mass is 19.1. The van der Waals surface area contributed by atoms with Crippen molar-refractivity contribution < 1.29 is 8.78 Å². The molecule has 0 aliphatic carbocycles. The average Bonchev–Trinajstić information content (AvgIpc) is 2.39. The van der Waals surface area contributed by atoms with Crippen molar-refractivity contribution in [3.63, 3.8) is 0 Å². The van der Waals surface area contributed by atoms with Crippen LogP contribution in [0.15, 0.2) is 54.6 Å². The minimum Gasteiger partial charge on any atom is -0.207 e. The second-order valence-electron chi connectivity index (χ2n) is 4.00. The zero-order chi connectivity index (χ0) is 13.7. The lowest BCUT2D eigenvalue weighted by Gasteiger charge is -2.08. The van der Waals surface area contributed by atoms with Crippen LogP contribution in [0.5, 0.6) is 0 Å². The Morgan fingerprint density at radius 3 is 1.95 bits per heavy atom. The third-order valence-corrected chi connectivity index (χ3v) is 2.67. The van der Waals surface area contributed by atoms with Crippen molar-refractivity contribution in [2.75, 3.05) is 0 Å². The molecule has 94 valence electrons. The SMILES string of the molecule is N#CCC=C(c1cccc(F)c1)c1cccc(F)c1. The van der Waals surface area contributed by atoms with Gasteiger partial charge >= 0.3 is 0 Å². The summed E-state index contributed by atoms with van der Waals surface area (Å²) in [6, 6.07) is 14.1. The lowest BCUT2D eigenvalue weighted by atomic mass is 9.97. The minimum absolute atomic E-state index is 0.183. The Balaban J connectivity index is 2.51. The number of halogens is 2. The van der Waals surface area contributed by atoms with E-state index >= 15 is 0 Å². The van der Waals surface area contributed by atoms with Gasteiger partial charge in [0.15, 0.2) is 0 Å². The van der Waals surface area contributed by atoms with Crippen molar-refractivity contribution in [1.82, 2.24) is 0 Å². The van der Waals surface area contributed by atoms with Crippen LogP contribution in [0.2, 0.25) is 0 Å². The second-order valence-corrected chi connectivity index (χ2v) is 4.00. The monoisotopic (exact) mass is 255 g/mol. The van der Waals surface area contributed by atoms with Crippen LogP contribution in [-0.4, -0.2) is 0 Å². The molecule has 2 aromatic carbocycles. The molecule has 19 heavy (non-hydrogen) atoms. The Morgan fingerprint density at radius 1 is 1.00 bits per heavy atom. The molecule has 0 radical (unpaired) electrons. The van der Waals surface area contributed by atoms with Crippen LogP contribution in [0.25, 0.3) is 5.57 Å². The standard InChI is InChI=1S/C16H11F2N/c17-14-6-1-4-12(10-14)16(8-3-9-19)13-5-2-7-15(18)11-13/h1-2,4-8,10-11H,3H2. The van der Waals surface area contributed by atoms with E-state index in [1.165, 1.54) is 24.3 Å². The van der Waals surface area contributed by atoms with E-state index in [9.17, 15) is 8.78 Å². The maximum Gasteiger partial charge on any atom is 0.123 e. The molecule has 0 atom stereocenters. The van der Waals surface area contributed by atoms with E-state index in [1.807, 2.05) is 6.07 Å². The fraction of sp³-hybridized carbons (Fsp3) is 0.0625. The predicted molar refractivity (Wildman–Crippen MR) is 70.1 cm³/mol. The first-order valence-electron chi connectivity index (χ1n) is 5.79. The Morgan fingerprint density at radius 2 is 1.53 bits per heavy atom. The van der Waals surface area contributed by atoms with Gasteiger partial charge in [0.05, 0.1) is 12.5 Å². The quantitative estimate of drug-likeness (QED) is 0.801. The smallest absolute Gasteiger partial charge is 0.123 e. The summed E-state index contributed by atoms with van der Waals surface area (Å²) in [6.45, 7) is 0. The molecule has 0 N–H and O–H groups in total. The maximum absolute atomic E-state index is 13.3. The van der Waals surface area contributed by atoms with Gasteiger partial charge in [0.25, 0.3) is 0 Å². The van der Waals surface area contributed by atoms with Crippen molar-refractivity contribution in [1.29, 1.82) is 5.26 Å². The van der Waals surface area contributed by atoms with E-state index in [2.05, 4.69) is 0 Å². The van der Waals surface area contributed by atoms with Gasteiger partial charge in [0, 0.05) is 0 Å². The molecule has 0 aromatic heterocycles. The summed E-state index contributed by atoms with van der Waals surface area (Å²) in [7, 11) is 0. The van der Waals surface area contributed by atoms with Crippen LogP contribution in [-0.2, 0) is 0 Å². The van der Waals surface area contributed by atoms with E-state index in [1.54, 1.807) is 30.3 Å². The molecule has 2 aromatic rings. The first-order chi connectivity index (χ1) is 9.20. The Bertz CT molecular complexity index is 606. The first-order valence-corrected chi connectivity index (χ1v) is 5.79. The maximum atomic E-state index is 13.3. The van der Waals surface area contributed by atoms with E-state index in [0.717, 1.165) is 0 Å². The van der Waals surface area contributed by atoms with Gasteiger partial charge in [-0.3, -0.25) is 0 Å². The summed E-state index contributed by atoms with van der Waals surface area (Å²) in [5.74, 6) is -0.728. The Kier molecular flexibility index (Phi) is 4.04. The van der Waals surface area contributed by atoms with E-state index in [0.29, 0.717) is 16.7 Å². The molecule has 0 saturated heterocycles. The zero-order valence-electron chi connectivity index (χ0n) is 10.1. The molecule has 0 fully saturated rings. The minimum atomic E-state index is -0.364. The van der Waals surface area contributed by atoms with Crippen molar-refractivity contribution in [3.8, 4) is 6.07 Å². The topological polar surface area (TPSA) is 23.8 Å². The van der Waals surface area contributed by atoms with Gasteiger partial charge < -0.3 is 0 Å². The van der Waals surface area contributed by atoms with Crippen LogP contribution in [0.1, 0.15) is 17.5 Å². The summed E-state index contributed by atoms with van der Waals surface area (Å²) >= 11 is 0. The molecular weight excluding hydrogens is 244 g/mol. The lowest BCUT2D eigenvalue weighted by molar-refractivity contribution is 0.627. The van der Waals surface area contributed by atoms with Crippen LogP contribution < -0.4 is 0 Å². The highest BCUT2D eigenvalue weighted by Gasteiger charge is 2.06. The fourth-order valence-electron chi connectivity index (χ4n) is 1.86. The first kappa shape index (κ1) is 13.0. The molecule has 0 bridgehead atoms. The number of hydrogen-bond acceptors (Lipinski definition) is 1. The zero-order valence-corrected chi connectivity index (χ0v) is 10.1. The van der Waals surface area contributed by atoms with Gasteiger partial charge in [-0.25, -0.2) is 8.78 Å². The molecule has 1 nitrogen and oxygen atoms in total. The largest absolute Gasteiger partial charge is 0.207 e. The molecular formula is C16H11F2N. The molecule has 0 aliphatic rings. The Labute approximate surface area is 110 Å². The van der Waals surface area contributed by atoms with Crippen molar-refractivity contribution >= 4 is 5.57 Å². The second kappa shape index (κ2) is 5.92. The average molecular weight is 255 g/mol. The summed E-state index contributed by atoms with van der Waals surface area (Å²) in [5, 5.41) is 8.68. The fourth-order valence-corrected chi connectivity index (χ4v) is 1.86. The van der Waals surface area contributed by atoms with Gasteiger partial charge in [-0.15, -0.1) is 0 Å². The Hall–Kier alpha value is -2.47. The highest BCUT2D eigenvalue weighted by Crippen LogP contribution is 2.25. The van der Waals surface area contributed by atoms with E-state index in [4.69, 9.17) is 5.26 Å². The molecule has 0 spiro atoms. The number of rotatable bonds is 3. The van der Waals surface area contributed by atoms with Crippen molar-refractivity contribution in [2.24, 2.45) is 0 Å².